The lowest BCUT2D eigenvalue weighted by atomic mass is 10.3. The van der Waals surface area contributed by atoms with Crippen LogP contribution in [0.25, 0.3) is 11.4 Å². The average molecular weight is 205 g/mol. The van der Waals surface area contributed by atoms with Crippen LogP contribution in [0.15, 0.2) is 29.2 Å². The van der Waals surface area contributed by atoms with Gasteiger partial charge >= 0.3 is 0 Å². The van der Waals surface area contributed by atoms with Crippen molar-refractivity contribution < 1.29 is 4.74 Å². The van der Waals surface area contributed by atoms with Crippen molar-refractivity contribution in [1.29, 1.82) is 0 Å². The second-order valence-electron chi connectivity index (χ2n) is 3.09. The number of methoxy groups -OCH3 is 1. The maximum absolute atomic E-state index is 11.3. The monoisotopic (exact) mass is 205 g/mol. The standard InChI is InChI=1S/C10H11N3O2/c1-15-6-9-12-8(5-10(14)13-9)7-3-2-4-11-7/h2-5,11H,6H2,1H3,(H,12,13,14). The molecule has 0 fully saturated rings. The third-order valence-corrected chi connectivity index (χ3v) is 1.95. The number of H-pyrrole nitrogens is 2. The Morgan fingerprint density at radius 1 is 1.53 bits per heavy atom. The van der Waals surface area contributed by atoms with Crippen LogP contribution in [0.2, 0.25) is 0 Å². The summed E-state index contributed by atoms with van der Waals surface area (Å²) in [4.78, 5) is 21.2. The molecule has 78 valence electrons. The molecule has 0 unspecified atom stereocenters. The first-order chi connectivity index (χ1) is 7.29. The Labute approximate surface area is 86.1 Å². The summed E-state index contributed by atoms with van der Waals surface area (Å²) < 4.78 is 4.91. The van der Waals surface area contributed by atoms with Crippen LogP contribution in [-0.4, -0.2) is 22.1 Å². The van der Waals surface area contributed by atoms with Crippen LogP contribution in [0.3, 0.4) is 0 Å². The molecule has 0 amide bonds. The highest BCUT2D eigenvalue weighted by Gasteiger charge is 2.03. The molecule has 0 spiro atoms. The van der Waals surface area contributed by atoms with Crippen LogP contribution < -0.4 is 5.56 Å². The van der Waals surface area contributed by atoms with Gasteiger partial charge in [0.15, 0.2) is 0 Å². The zero-order valence-electron chi connectivity index (χ0n) is 8.28. The molecule has 0 aliphatic rings. The van der Waals surface area contributed by atoms with E-state index in [-0.39, 0.29) is 5.56 Å². The molecule has 0 radical (unpaired) electrons. The maximum Gasteiger partial charge on any atom is 0.251 e. The molecule has 0 atom stereocenters. The van der Waals surface area contributed by atoms with Crippen LogP contribution >= 0.6 is 0 Å². The molecule has 2 N–H and O–H groups in total. The average Bonchev–Trinajstić information content (AvgIpc) is 2.70. The number of hydrogen-bond acceptors (Lipinski definition) is 3. The van der Waals surface area contributed by atoms with Crippen LogP contribution in [0.4, 0.5) is 0 Å². The largest absolute Gasteiger partial charge is 0.377 e. The number of rotatable bonds is 3. The molecule has 5 heteroatoms. The summed E-state index contributed by atoms with van der Waals surface area (Å²) in [6, 6.07) is 5.16. The fourth-order valence-corrected chi connectivity index (χ4v) is 1.34. The topological polar surface area (TPSA) is 70.8 Å². The van der Waals surface area contributed by atoms with E-state index in [1.807, 2.05) is 12.1 Å². The molecule has 0 aliphatic heterocycles. The molecule has 2 aromatic heterocycles. The molecular formula is C10H11N3O2. The first-order valence-corrected chi connectivity index (χ1v) is 4.52. The van der Waals surface area contributed by atoms with E-state index in [1.165, 1.54) is 6.07 Å². The molecule has 2 heterocycles. The minimum Gasteiger partial charge on any atom is -0.377 e. The van der Waals surface area contributed by atoms with E-state index < -0.39 is 0 Å². The minimum atomic E-state index is -0.179. The smallest absolute Gasteiger partial charge is 0.251 e. The second kappa shape index (κ2) is 4.10. The lowest BCUT2D eigenvalue weighted by Gasteiger charge is -2.01. The Balaban J connectivity index is 2.44. The first-order valence-electron chi connectivity index (χ1n) is 4.52. The van der Waals surface area contributed by atoms with E-state index in [0.717, 1.165) is 5.69 Å². The number of nitrogens with zero attached hydrogens (tertiary/aromatic N) is 1. The predicted octanol–water partition coefficient (Wildman–Crippen LogP) is 0.911. The van der Waals surface area contributed by atoms with Crippen molar-refractivity contribution in [2.45, 2.75) is 6.61 Å². The van der Waals surface area contributed by atoms with Crippen molar-refractivity contribution in [1.82, 2.24) is 15.0 Å². The summed E-state index contributed by atoms with van der Waals surface area (Å²) in [5.74, 6) is 0.523. The van der Waals surface area contributed by atoms with Gasteiger partial charge in [-0.25, -0.2) is 4.98 Å². The molecular weight excluding hydrogens is 194 g/mol. The third kappa shape index (κ3) is 2.13. The number of hydrogen-bond donors (Lipinski definition) is 2. The van der Waals surface area contributed by atoms with Crippen molar-refractivity contribution in [3.8, 4) is 11.4 Å². The highest BCUT2D eigenvalue weighted by molar-refractivity contribution is 5.53. The number of aromatic nitrogens is 3. The van der Waals surface area contributed by atoms with E-state index in [4.69, 9.17) is 4.74 Å². The second-order valence-corrected chi connectivity index (χ2v) is 3.09. The number of ether oxygens (including phenoxy) is 1. The van der Waals surface area contributed by atoms with E-state index in [2.05, 4.69) is 15.0 Å². The molecule has 5 nitrogen and oxygen atoms in total. The van der Waals surface area contributed by atoms with E-state index in [0.29, 0.717) is 18.1 Å². The predicted molar refractivity (Wildman–Crippen MR) is 55.4 cm³/mol. The molecule has 2 rings (SSSR count). The van der Waals surface area contributed by atoms with E-state index in [9.17, 15) is 4.79 Å². The van der Waals surface area contributed by atoms with Crippen LogP contribution in [0, 0.1) is 0 Å². The van der Waals surface area contributed by atoms with Gasteiger partial charge in [-0.05, 0) is 12.1 Å². The molecule has 0 saturated heterocycles. The highest BCUT2D eigenvalue weighted by atomic mass is 16.5. The van der Waals surface area contributed by atoms with Crippen molar-refractivity contribution in [2.24, 2.45) is 0 Å². The van der Waals surface area contributed by atoms with Gasteiger partial charge in [-0.15, -0.1) is 0 Å². The number of aromatic amines is 2. The molecule has 0 bridgehead atoms. The van der Waals surface area contributed by atoms with Crippen LogP contribution in [0.5, 0.6) is 0 Å². The van der Waals surface area contributed by atoms with Gasteiger partial charge < -0.3 is 14.7 Å². The maximum atomic E-state index is 11.3. The summed E-state index contributed by atoms with van der Waals surface area (Å²) >= 11 is 0. The lowest BCUT2D eigenvalue weighted by molar-refractivity contribution is 0.177. The molecule has 15 heavy (non-hydrogen) atoms. The van der Waals surface area contributed by atoms with Gasteiger partial charge in [-0.1, -0.05) is 0 Å². The Morgan fingerprint density at radius 3 is 3.07 bits per heavy atom. The Bertz CT molecular complexity index is 488. The summed E-state index contributed by atoms with van der Waals surface area (Å²) in [5.41, 5.74) is 1.26. The summed E-state index contributed by atoms with van der Waals surface area (Å²) in [7, 11) is 1.56. The van der Waals surface area contributed by atoms with Crippen molar-refractivity contribution >= 4 is 0 Å². The first kappa shape index (κ1) is 9.67. The van der Waals surface area contributed by atoms with Gasteiger partial charge in [-0.2, -0.15) is 0 Å². The molecule has 0 aromatic carbocycles. The van der Waals surface area contributed by atoms with Crippen LogP contribution in [0.1, 0.15) is 5.82 Å². The lowest BCUT2D eigenvalue weighted by Crippen LogP contribution is -2.11. The quantitative estimate of drug-likeness (QED) is 0.782. The van der Waals surface area contributed by atoms with Gasteiger partial charge in [0.05, 0.1) is 11.4 Å². The SMILES string of the molecule is COCc1nc(-c2ccc[nH]2)cc(=O)[nH]1. The van der Waals surface area contributed by atoms with E-state index in [1.54, 1.807) is 13.3 Å². The summed E-state index contributed by atoms with van der Waals surface area (Å²) in [5, 5.41) is 0. The normalized spacial score (nSPS) is 10.5. The van der Waals surface area contributed by atoms with E-state index >= 15 is 0 Å². The molecule has 0 aliphatic carbocycles. The zero-order chi connectivity index (χ0) is 10.7. The van der Waals surface area contributed by atoms with Gasteiger partial charge in [0.2, 0.25) is 0 Å². The van der Waals surface area contributed by atoms with Crippen molar-refractivity contribution in [3.63, 3.8) is 0 Å². The van der Waals surface area contributed by atoms with Gasteiger partial charge in [0.25, 0.3) is 5.56 Å². The fourth-order valence-electron chi connectivity index (χ4n) is 1.34. The van der Waals surface area contributed by atoms with Gasteiger partial charge in [0.1, 0.15) is 12.4 Å². The van der Waals surface area contributed by atoms with Gasteiger partial charge in [0, 0.05) is 19.4 Å². The zero-order valence-corrected chi connectivity index (χ0v) is 8.28. The minimum absolute atomic E-state index is 0.179. The molecule has 0 saturated carbocycles. The van der Waals surface area contributed by atoms with Crippen molar-refractivity contribution in [3.05, 3.63) is 40.6 Å². The van der Waals surface area contributed by atoms with Crippen molar-refractivity contribution in [2.75, 3.05) is 7.11 Å². The third-order valence-electron chi connectivity index (χ3n) is 1.95. The number of nitrogens with one attached hydrogen (secondary N) is 2. The summed E-state index contributed by atoms with van der Waals surface area (Å²) in [6.45, 7) is 0.295. The van der Waals surface area contributed by atoms with Gasteiger partial charge in [-0.3, -0.25) is 4.79 Å². The molecule has 2 aromatic rings. The summed E-state index contributed by atoms with van der Waals surface area (Å²) in [6.07, 6.45) is 1.79. The Hall–Kier alpha value is -1.88. The highest BCUT2D eigenvalue weighted by Crippen LogP contribution is 2.11. The van der Waals surface area contributed by atoms with Crippen LogP contribution in [-0.2, 0) is 11.3 Å². The Morgan fingerprint density at radius 2 is 2.40 bits per heavy atom. The fraction of sp³-hybridized carbons (Fsp3) is 0.200. The Kier molecular flexibility index (Phi) is 2.64.